The first-order valence-electron chi connectivity index (χ1n) is 7.41. The Hall–Kier alpha value is -0.610. The second-order valence-corrected chi connectivity index (χ2v) is 5.72. The zero-order chi connectivity index (χ0) is 13.0. The molecule has 0 saturated carbocycles. The first kappa shape index (κ1) is 13.8. The van der Waals surface area contributed by atoms with E-state index in [1.165, 1.54) is 19.3 Å². The van der Waals surface area contributed by atoms with E-state index >= 15 is 0 Å². The molecule has 0 radical (unpaired) electrons. The summed E-state index contributed by atoms with van der Waals surface area (Å²) in [6, 6.07) is 0.499. The zero-order valence-electron chi connectivity index (χ0n) is 11.9. The van der Waals surface area contributed by atoms with Crippen molar-refractivity contribution < 1.29 is 4.79 Å². The van der Waals surface area contributed by atoms with Gasteiger partial charge in [-0.2, -0.15) is 0 Å². The molecule has 0 spiro atoms. The van der Waals surface area contributed by atoms with Gasteiger partial charge in [0.05, 0.1) is 6.54 Å². The third-order valence-corrected chi connectivity index (χ3v) is 4.37. The molecule has 18 heavy (non-hydrogen) atoms. The van der Waals surface area contributed by atoms with E-state index in [9.17, 15) is 4.79 Å². The number of likely N-dealkylation sites (N-methyl/N-ethyl adjacent to an activating group) is 1. The van der Waals surface area contributed by atoms with Crippen molar-refractivity contribution in [2.75, 3.05) is 46.3 Å². The number of nitrogens with zero attached hydrogens (tertiary/aromatic N) is 3. The first-order valence-corrected chi connectivity index (χ1v) is 7.41. The summed E-state index contributed by atoms with van der Waals surface area (Å²) in [4.78, 5) is 19.2. The fourth-order valence-electron chi connectivity index (χ4n) is 3.04. The molecule has 4 heteroatoms. The van der Waals surface area contributed by atoms with Gasteiger partial charge in [-0.1, -0.05) is 6.92 Å². The maximum absolute atomic E-state index is 12.4. The van der Waals surface area contributed by atoms with Gasteiger partial charge in [0.25, 0.3) is 0 Å². The number of piperazine rings is 1. The Morgan fingerprint density at radius 1 is 1.11 bits per heavy atom. The quantitative estimate of drug-likeness (QED) is 0.751. The van der Waals surface area contributed by atoms with E-state index in [4.69, 9.17) is 0 Å². The molecule has 0 aliphatic carbocycles. The Labute approximate surface area is 111 Å². The molecule has 4 nitrogen and oxygen atoms in total. The number of amides is 1. The van der Waals surface area contributed by atoms with Gasteiger partial charge in [-0.3, -0.25) is 9.69 Å². The minimum absolute atomic E-state index is 0.353. The second-order valence-electron chi connectivity index (χ2n) is 5.72. The lowest BCUT2D eigenvalue weighted by Crippen LogP contribution is -2.51. The van der Waals surface area contributed by atoms with Crippen molar-refractivity contribution in [1.82, 2.24) is 14.7 Å². The summed E-state index contributed by atoms with van der Waals surface area (Å²) < 4.78 is 0. The highest BCUT2D eigenvalue weighted by Gasteiger charge is 2.27. The predicted molar refractivity (Wildman–Crippen MR) is 73.6 cm³/mol. The largest absolute Gasteiger partial charge is 0.339 e. The van der Waals surface area contributed by atoms with E-state index < -0.39 is 0 Å². The molecule has 1 amide bonds. The monoisotopic (exact) mass is 253 g/mol. The van der Waals surface area contributed by atoms with Gasteiger partial charge in [-0.15, -0.1) is 0 Å². The van der Waals surface area contributed by atoms with Crippen LogP contribution in [0.3, 0.4) is 0 Å². The van der Waals surface area contributed by atoms with Crippen LogP contribution in [0.2, 0.25) is 0 Å². The third kappa shape index (κ3) is 3.45. The molecule has 0 aromatic heterocycles. The first-order chi connectivity index (χ1) is 8.70. The topological polar surface area (TPSA) is 26.8 Å². The lowest BCUT2D eigenvalue weighted by atomic mass is 10.00. The van der Waals surface area contributed by atoms with E-state index in [0.717, 1.165) is 39.1 Å². The van der Waals surface area contributed by atoms with E-state index in [2.05, 4.69) is 28.7 Å². The molecule has 2 fully saturated rings. The summed E-state index contributed by atoms with van der Waals surface area (Å²) in [6.07, 6.45) is 4.78. The van der Waals surface area contributed by atoms with Crippen LogP contribution in [0.15, 0.2) is 0 Å². The highest BCUT2D eigenvalue weighted by atomic mass is 16.2. The number of piperidine rings is 1. The highest BCUT2D eigenvalue weighted by molar-refractivity contribution is 5.78. The number of hydrogen-bond donors (Lipinski definition) is 0. The van der Waals surface area contributed by atoms with Crippen LogP contribution in [0.25, 0.3) is 0 Å². The zero-order valence-corrected chi connectivity index (χ0v) is 11.9. The molecule has 0 aromatic rings. The van der Waals surface area contributed by atoms with Crippen molar-refractivity contribution in [1.29, 1.82) is 0 Å². The van der Waals surface area contributed by atoms with Crippen molar-refractivity contribution in [2.24, 2.45) is 0 Å². The van der Waals surface area contributed by atoms with Crippen molar-refractivity contribution in [3.63, 3.8) is 0 Å². The molecule has 2 aliphatic rings. The van der Waals surface area contributed by atoms with Gasteiger partial charge in [0, 0.05) is 38.8 Å². The Kier molecular flexibility index (Phi) is 5.01. The summed E-state index contributed by atoms with van der Waals surface area (Å²) in [5, 5.41) is 0. The summed E-state index contributed by atoms with van der Waals surface area (Å²) in [7, 11) is 2.15. The van der Waals surface area contributed by atoms with Gasteiger partial charge in [0.1, 0.15) is 0 Å². The Morgan fingerprint density at radius 3 is 2.50 bits per heavy atom. The predicted octanol–water partition coefficient (Wildman–Crippen LogP) is 1.02. The minimum atomic E-state index is 0.353. The van der Waals surface area contributed by atoms with Crippen molar-refractivity contribution >= 4 is 5.91 Å². The molecule has 2 heterocycles. The molecule has 0 aromatic carbocycles. The average molecular weight is 253 g/mol. The molecular formula is C14H27N3O. The normalized spacial score (nSPS) is 27.4. The van der Waals surface area contributed by atoms with Gasteiger partial charge in [0.15, 0.2) is 0 Å². The Morgan fingerprint density at radius 2 is 1.83 bits per heavy atom. The van der Waals surface area contributed by atoms with Crippen molar-refractivity contribution in [3.05, 3.63) is 0 Å². The van der Waals surface area contributed by atoms with Crippen LogP contribution in [-0.4, -0.2) is 73.0 Å². The smallest absolute Gasteiger partial charge is 0.236 e. The van der Waals surface area contributed by atoms with Crippen LogP contribution in [0.4, 0.5) is 0 Å². The fourth-order valence-corrected chi connectivity index (χ4v) is 3.04. The summed E-state index contributed by atoms with van der Waals surface area (Å²) >= 11 is 0. The number of carbonyl (C=O) groups excluding carboxylic acids is 1. The lowest BCUT2D eigenvalue weighted by Gasteiger charge is -2.38. The number of rotatable bonds is 3. The summed E-state index contributed by atoms with van der Waals surface area (Å²) in [6.45, 7) is 8.05. The van der Waals surface area contributed by atoms with Crippen LogP contribution in [-0.2, 0) is 4.79 Å². The maximum Gasteiger partial charge on any atom is 0.236 e. The van der Waals surface area contributed by atoms with Crippen molar-refractivity contribution in [2.45, 2.75) is 38.6 Å². The minimum Gasteiger partial charge on any atom is -0.339 e. The van der Waals surface area contributed by atoms with Gasteiger partial charge in [0.2, 0.25) is 5.91 Å². The number of carbonyl (C=O) groups is 1. The molecular weight excluding hydrogens is 226 g/mol. The number of hydrogen-bond acceptors (Lipinski definition) is 3. The summed E-state index contributed by atoms with van der Waals surface area (Å²) in [5.74, 6) is 0.353. The van der Waals surface area contributed by atoms with E-state index in [1.54, 1.807) is 0 Å². The molecule has 0 bridgehead atoms. The SMILES string of the molecule is CCC1CCCCN1C(=O)CN1CCN(C)CC1. The van der Waals surface area contributed by atoms with Crippen LogP contribution in [0.1, 0.15) is 32.6 Å². The van der Waals surface area contributed by atoms with Crippen LogP contribution in [0, 0.1) is 0 Å². The highest BCUT2D eigenvalue weighted by Crippen LogP contribution is 2.19. The number of likely N-dealkylation sites (tertiary alicyclic amines) is 1. The molecule has 1 unspecified atom stereocenters. The van der Waals surface area contributed by atoms with Gasteiger partial charge in [-0.05, 0) is 32.7 Å². The van der Waals surface area contributed by atoms with Crippen LogP contribution < -0.4 is 0 Å². The molecule has 2 rings (SSSR count). The molecule has 0 N–H and O–H groups in total. The molecule has 1 atom stereocenters. The second kappa shape index (κ2) is 6.53. The van der Waals surface area contributed by atoms with Crippen LogP contribution in [0.5, 0.6) is 0 Å². The van der Waals surface area contributed by atoms with E-state index in [0.29, 0.717) is 18.5 Å². The average Bonchev–Trinajstić information content (AvgIpc) is 2.41. The van der Waals surface area contributed by atoms with E-state index in [1.807, 2.05) is 0 Å². The molecule has 2 saturated heterocycles. The summed E-state index contributed by atoms with van der Waals surface area (Å²) in [5.41, 5.74) is 0. The van der Waals surface area contributed by atoms with E-state index in [-0.39, 0.29) is 0 Å². The maximum atomic E-state index is 12.4. The third-order valence-electron chi connectivity index (χ3n) is 4.37. The Balaban J connectivity index is 1.82. The standard InChI is InChI=1S/C14H27N3O/c1-3-13-6-4-5-7-17(13)14(18)12-16-10-8-15(2)9-11-16/h13H,3-12H2,1-2H3. The van der Waals surface area contributed by atoms with Crippen LogP contribution >= 0.6 is 0 Å². The van der Waals surface area contributed by atoms with Gasteiger partial charge < -0.3 is 9.80 Å². The van der Waals surface area contributed by atoms with Crippen molar-refractivity contribution in [3.8, 4) is 0 Å². The Bertz CT molecular complexity index is 274. The van der Waals surface area contributed by atoms with Gasteiger partial charge in [-0.25, -0.2) is 0 Å². The van der Waals surface area contributed by atoms with Gasteiger partial charge >= 0.3 is 0 Å². The fraction of sp³-hybridized carbons (Fsp3) is 0.929. The molecule has 104 valence electrons. The molecule has 2 aliphatic heterocycles. The lowest BCUT2D eigenvalue weighted by molar-refractivity contribution is -0.136.